The molecule has 0 aromatic rings. The zero-order valence-corrected chi connectivity index (χ0v) is 7.87. The largest absolute Gasteiger partial charge is 0.480 e. The average molecular weight is 189 g/mol. The molecule has 0 rings (SSSR count). The third-order valence-electron chi connectivity index (χ3n) is 1.52. The number of hydrogen-bond donors (Lipinski definition) is 2. The molecular weight excluding hydrogens is 174 g/mol. The minimum atomic E-state index is -1.01. The molecule has 13 heavy (non-hydrogen) atoms. The third kappa shape index (κ3) is 6.10. The number of ether oxygens (including phenoxy) is 1. The van der Waals surface area contributed by atoms with Crippen molar-refractivity contribution in [1.29, 1.82) is 0 Å². The maximum atomic E-state index is 10.6. The molecule has 0 radical (unpaired) electrons. The second kappa shape index (κ2) is 6.42. The number of aliphatic carboxylic acids is 1. The van der Waals surface area contributed by atoms with E-state index < -0.39 is 12.0 Å². The van der Waals surface area contributed by atoms with Crippen LogP contribution in [0.25, 0.3) is 0 Å². The van der Waals surface area contributed by atoms with Crippen LogP contribution in [0.2, 0.25) is 0 Å². The number of amides is 1. The highest BCUT2D eigenvalue weighted by atomic mass is 16.5. The topological polar surface area (TPSA) is 75.6 Å². The van der Waals surface area contributed by atoms with Gasteiger partial charge in [-0.1, -0.05) is 0 Å². The Kier molecular flexibility index (Phi) is 5.88. The fourth-order valence-corrected chi connectivity index (χ4v) is 0.935. The molecule has 1 atom stereocenters. The summed E-state index contributed by atoms with van der Waals surface area (Å²) in [6.07, 6.45) is 1.01. The number of nitrogens with one attached hydrogen (secondary N) is 1. The summed E-state index contributed by atoms with van der Waals surface area (Å²) < 4.78 is 4.77. The van der Waals surface area contributed by atoms with Crippen molar-refractivity contribution in [3.05, 3.63) is 0 Å². The van der Waals surface area contributed by atoms with E-state index in [0.29, 0.717) is 19.4 Å². The Balaban J connectivity index is 3.81. The molecule has 2 N–H and O–H groups in total. The van der Waals surface area contributed by atoms with Crippen molar-refractivity contribution < 1.29 is 19.4 Å². The summed E-state index contributed by atoms with van der Waals surface area (Å²) in [4.78, 5) is 21.2. The summed E-state index contributed by atoms with van der Waals surface area (Å²) in [5.74, 6) is -1.34. The summed E-state index contributed by atoms with van der Waals surface area (Å²) in [5, 5.41) is 11.0. The van der Waals surface area contributed by atoms with Gasteiger partial charge < -0.3 is 15.2 Å². The number of carboxylic acid groups (broad SMARTS) is 1. The van der Waals surface area contributed by atoms with E-state index >= 15 is 0 Å². The Morgan fingerprint density at radius 3 is 2.54 bits per heavy atom. The van der Waals surface area contributed by atoms with Crippen LogP contribution in [0.15, 0.2) is 0 Å². The predicted octanol–water partition coefficient (Wildman–Crippen LogP) is 0.00230. The van der Waals surface area contributed by atoms with Gasteiger partial charge in [-0.15, -0.1) is 0 Å². The van der Waals surface area contributed by atoms with Crippen LogP contribution in [0.5, 0.6) is 0 Å². The second-order valence-electron chi connectivity index (χ2n) is 2.73. The van der Waals surface area contributed by atoms with Gasteiger partial charge in [-0.3, -0.25) is 4.79 Å². The molecule has 0 aromatic carbocycles. The van der Waals surface area contributed by atoms with Gasteiger partial charge in [0.05, 0.1) is 0 Å². The summed E-state index contributed by atoms with van der Waals surface area (Å²) in [5.41, 5.74) is 0. The molecule has 0 aromatic heterocycles. The second-order valence-corrected chi connectivity index (χ2v) is 2.73. The fraction of sp³-hybridized carbons (Fsp3) is 0.750. The number of hydrogen-bond acceptors (Lipinski definition) is 3. The molecule has 1 unspecified atom stereocenters. The first kappa shape index (κ1) is 11.9. The van der Waals surface area contributed by atoms with E-state index in [4.69, 9.17) is 9.84 Å². The third-order valence-corrected chi connectivity index (χ3v) is 1.52. The van der Waals surface area contributed by atoms with E-state index in [2.05, 4.69) is 5.32 Å². The van der Waals surface area contributed by atoms with Crippen LogP contribution in [-0.2, 0) is 14.3 Å². The number of methoxy groups -OCH3 is 1. The van der Waals surface area contributed by atoms with E-state index in [0.717, 1.165) is 0 Å². The molecule has 5 heteroatoms. The molecule has 0 saturated carbocycles. The van der Waals surface area contributed by atoms with Gasteiger partial charge in [-0.25, -0.2) is 4.79 Å². The molecule has 5 nitrogen and oxygen atoms in total. The Hall–Kier alpha value is -1.10. The van der Waals surface area contributed by atoms with Gasteiger partial charge >= 0.3 is 5.97 Å². The molecule has 1 amide bonds. The Morgan fingerprint density at radius 1 is 1.54 bits per heavy atom. The molecule has 0 aliphatic rings. The van der Waals surface area contributed by atoms with Crippen molar-refractivity contribution in [2.45, 2.75) is 25.8 Å². The SMILES string of the molecule is COCCCC(NC(C)=O)C(=O)O. The average Bonchev–Trinajstić information content (AvgIpc) is 2.02. The first-order chi connectivity index (χ1) is 6.07. The first-order valence-electron chi connectivity index (χ1n) is 4.06. The molecule has 0 spiro atoms. The van der Waals surface area contributed by atoms with Gasteiger partial charge in [-0.05, 0) is 12.8 Å². The molecule has 0 bridgehead atoms. The number of rotatable bonds is 6. The van der Waals surface area contributed by atoms with Gasteiger partial charge in [0.2, 0.25) is 5.91 Å². The first-order valence-corrected chi connectivity index (χ1v) is 4.06. The lowest BCUT2D eigenvalue weighted by Gasteiger charge is -2.12. The lowest BCUT2D eigenvalue weighted by atomic mass is 10.1. The summed E-state index contributed by atoms with van der Waals surface area (Å²) >= 11 is 0. The predicted molar refractivity (Wildman–Crippen MR) is 46.4 cm³/mol. The minimum Gasteiger partial charge on any atom is -0.480 e. The molecule has 0 aliphatic heterocycles. The number of carbonyl (C=O) groups is 2. The quantitative estimate of drug-likeness (QED) is 0.577. The van der Waals surface area contributed by atoms with Crippen LogP contribution >= 0.6 is 0 Å². The van der Waals surface area contributed by atoms with Crippen molar-refractivity contribution in [2.75, 3.05) is 13.7 Å². The molecular formula is C8H15NO4. The van der Waals surface area contributed by atoms with Crippen molar-refractivity contribution >= 4 is 11.9 Å². The maximum absolute atomic E-state index is 10.6. The van der Waals surface area contributed by atoms with Crippen LogP contribution < -0.4 is 5.32 Å². The summed E-state index contributed by atoms with van der Waals surface area (Å²) in [6, 6.07) is -0.798. The molecule has 0 aliphatic carbocycles. The van der Waals surface area contributed by atoms with Crippen LogP contribution in [0.4, 0.5) is 0 Å². The van der Waals surface area contributed by atoms with E-state index in [1.165, 1.54) is 6.92 Å². The van der Waals surface area contributed by atoms with Crippen molar-refractivity contribution in [2.24, 2.45) is 0 Å². The Morgan fingerprint density at radius 2 is 2.15 bits per heavy atom. The highest BCUT2D eigenvalue weighted by Gasteiger charge is 2.17. The monoisotopic (exact) mass is 189 g/mol. The van der Waals surface area contributed by atoms with Crippen molar-refractivity contribution in [3.8, 4) is 0 Å². The lowest BCUT2D eigenvalue weighted by Crippen LogP contribution is -2.39. The normalized spacial score (nSPS) is 12.2. The van der Waals surface area contributed by atoms with Crippen molar-refractivity contribution in [3.63, 3.8) is 0 Å². The zero-order valence-electron chi connectivity index (χ0n) is 7.87. The minimum absolute atomic E-state index is 0.329. The van der Waals surface area contributed by atoms with Crippen LogP contribution in [0, 0.1) is 0 Å². The van der Waals surface area contributed by atoms with E-state index in [1.807, 2.05) is 0 Å². The summed E-state index contributed by atoms with van der Waals surface area (Å²) in [7, 11) is 1.55. The fourth-order valence-electron chi connectivity index (χ4n) is 0.935. The number of carbonyl (C=O) groups excluding carboxylic acids is 1. The maximum Gasteiger partial charge on any atom is 0.326 e. The van der Waals surface area contributed by atoms with E-state index in [9.17, 15) is 9.59 Å². The van der Waals surface area contributed by atoms with Gasteiger partial charge in [0, 0.05) is 20.6 Å². The highest BCUT2D eigenvalue weighted by molar-refractivity contribution is 5.81. The van der Waals surface area contributed by atoms with E-state index in [-0.39, 0.29) is 5.91 Å². The molecule has 0 saturated heterocycles. The molecule has 76 valence electrons. The smallest absolute Gasteiger partial charge is 0.326 e. The Labute approximate surface area is 77.1 Å². The zero-order chi connectivity index (χ0) is 10.3. The molecule has 0 heterocycles. The van der Waals surface area contributed by atoms with Gasteiger partial charge in [0.25, 0.3) is 0 Å². The Bertz CT molecular complexity index is 181. The standard InChI is InChI=1S/C8H15NO4/c1-6(10)9-7(8(11)12)4-3-5-13-2/h7H,3-5H2,1-2H3,(H,9,10)(H,11,12). The molecule has 0 fully saturated rings. The number of carboxylic acids is 1. The van der Waals surface area contributed by atoms with Crippen LogP contribution in [-0.4, -0.2) is 36.7 Å². The van der Waals surface area contributed by atoms with E-state index in [1.54, 1.807) is 7.11 Å². The van der Waals surface area contributed by atoms with Crippen LogP contribution in [0.1, 0.15) is 19.8 Å². The van der Waals surface area contributed by atoms with Gasteiger partial charge in [-0.2, -0.15) is 0 Å². The lowest BCUT2D eigenvalue weighted by molar-refractivity contribution is -0.141. The van der Waals surface area contributed by atoms with Crippen molar-refractivity contribution in [1.82, 2.24) is 5.32 Å². The van der Waals surface area contributed by atoms with Gasteiger partial charge in [0.1, 0.15) is 6.04 Å². The van der Waals surface area contributed by atoms with Crippen LogP contribution in [0.3, 0.4) is 0 Å². The highest BCUT2D eigenvalue weighted by Crippen LogP contribution is 1.97. The summed E-state index contributed by atoms with van der Waals surface area (Å²) in [6.45, 7) is 1.80. The van der Waals surface area contributed by atoms with Gasteiger partial charge in [0.15, 0.2) is 0 Å².